The zero-order valence-corrected chi connectivity index (χ0v) is 13.1. The fraction of sp³-hybridized carbons (Fsp3) is 0.625. The molecular formula is C16H22ClF2NO. The Labute approximate surface area is 129 Å². The van der Waals surface area contributed by atoms with Crippen LogP contribution in [0.4, 0.5) is 8.78 Å². The molecule has 0 aliphatic carbocycles. The normalized spacial score (nSPS) is 19.9. The molecule has 1 aliphatic heterocycles. The number of ether oxygens (including phenoxy) is 1. The second-order valence-corrected chi connectivity index (χ2v) is 5.91. The summed E-state index contributed by atoms with van der Waals surface area (Å²) < 4.78 is 33.3. The van der Waals surface area contributed by atoms with E-state index in [1.54, 1.807) is 0 Å². The topological polar surface area (TPSA) is 21.3 Å². The Morgan fingerprint density at radius 2 is 2.19 bits per heavy atom. The SMILES string of the molecule is CCCNC(CCC1CCCO1)c1cc(F)c(Cl)cc1F. The summed E-state index contributed by atoms with van der Waals surface area (Å²) in [6, 6.07) is 2.06. The van der Waals surface area contributed by atoms with Crippen molar-refractivity contribution in [2.24, 2.45) is 0 Å². The lowest BCUT2D eigenvalue weighted by Gasteiger charge is -2.21. The van der Waals surface area contributed by atoms with Crippen molar-refractivity contribution >= 4 is 11.6 Å². The molecule has 2 nitrogen and oxygen atoms in total. The summed E-state index contributed by atoms with van der Waals surface area (Å²) in [6.07, 6.45) is 4.90. The maximum absolute atomic E-state index is 14.1. The summed E-state index contributed by atoms with van der Waals surface area (Å²) in [7, 11) is 0. The Kier molecular flexibility index (Phi) is 6.40. The van der Waals surface area contributed by atoms with Gasteiger partial charge in [0.2, 0.25) is 0 Å². The molecule has 5 heteroatoms. The lowest BCUT2D eigenvalue weighted by molar-refractivity contribution is 0.0994. The van der Waals surface area contributed by atoms with Crippen molar-refractivity contribution in [1.82, 2.24) is 5.32 Å². The second-order valence-electron chi connectivity index (χ2n) is 5.51. The van der Waals surface area contributed by atoms with Crippen LogP contribution >= 0.6 is 11.6 Å². The number of nitrogens with one attached hydrogen (secondary N) is 1. The van der Waals surface area contributed by atoms with E-state index in [0.29, 0.717) is 5.56 Å². The zero-order valence-electron chi connectivity index (χ0n) is 12.3. The van der Waals surface area contributed by atoms with Crippen LogP contribution < -0.4 is 5.32 Å². The van der Waals surface area contributed by atoms with Gasteiger partial charge in [0.05, 0.1) is 11.1 Å². The number of rotatable bonds is 7. The summed E-state index contributed by atoms with van der Waals surface area (Å²) >= 11 is 5.62. The van der Waals surface area contributed by atoms with Gasteiger partial charge in [-0.3, -0.25) is 0 Å². The maximum Gasteiger partial charge on any atom is 0.142 e. The summed E-state index contributed by atoms with van der Waals surface area (Å²) in [5.41, 5.74) is 0.350. The molecule has 0 bridgehead atoms. The summed E-state index contributed by atoms with van der Waals surface area (Å²) in [6.45, 7) is 3.62. The predicted octanol–water partition coefficient (Wildman–Crippen LogP) is 4.62. The molecule has 1 saturated heterocycles. The third-order valence-electron chi connectivity index (χ3n) is 3.86. The van der Waals surface area contributed by atoms with Crippen molar-refractivity contribution in [3.8, 4) is 0 Å². The molecule has 2 unspecified atom stereocenters. The van der Waals surface area contributed by atoms with Crippen molar-refractivity contribution in [2.75, 3.05) is 13.2 Å². The van der Waals surface area contributed by atoms with Crippen molar-refractivity contribution in [3.63, 3.8) is 0 Å². The molecule has 21 heavy (non-hydrogen) atoms. The summed E-state index contributed by atoms with van der Waals surface area (Å²) in [5.74, 6) is -1.03. The molecule has 0 radical (unpaired) electrons. The van der Waals surface area contributed by atoms with E-state index >= 15 is 0 Å². The highest BCUT2D eigenvalue weighted by atomic mass is 35.5. The minimum absolute atomic E-state index is 0.176. The van der Waals surface area contributed by atoms with E-state index in [2.05, 4.69) is 5.32 Å². The van der Waals surface area contributed by atoms with E-state index < -0.39 is 11.6 Å². The van der Waals surface area contributed by atoms with E-state index in [0.717, 1.165) is 51.3 Å². The number of hydrogen-bond acceptors (Lipinski definition) is 2. The number of hydrogen-bond donors (Lipinski definition) is 1. The quantitative estimate of drug-likeness (QED) is 0.741. The molecular weight excluding hydrogens is 296 g/mol. The van der Waals surface area contributed by atoms with E-state index in [-0.39, 0.29) is 17.2 Å². The monoisotopic (exact) mass is 317 g/mol. The van der Waals surface area contributed by atoms with Gasteiger partial charge in [-0.25, -0.2) is 8.78 Å². The molecule has 1 heterocycles. The van der Waals surface area contributed by atoms with Gasteiger partial charge in [-0.2, -0.15) is 0 Å². The third kappa shape index (κ3) is 4.63. The Morgan fingerprint density at radius 1 is 1.38 bits per heavy atom. The zero-order chi connectivity index (χ0) is 15.2. The number of halogens is 3. The second kappa shape index (κ2) is 8.06. The van der Waals surface area contributed by atoms with Crippen LogP contribution in [0.2, 0.25) is 5.02 Å². The van der Waals surface area contributed by atoms with E-state index in [1.807, 2.05) is 6.92 Å². The average Bonchev–Trinajstić information content (AvgIpc) is 2.97. The molecule has 1 aliphatic rings. The largest absolute Gasteiger partial charge is 0.378 e. The fourth-order valence-corrected chi connectivity index (χ4v) is 2.87. The van der Waals surface area contributed by atoms with Crippen molar-refractivity contribution in [2.45, 2.75) is 51.2 Å². The molecule has 0 amide bonds. The first-order valence-electron chi connectivity index (χ1n) is 7.61. The van der Waals surface area contributed by atoms with E-state index in [9.17, 15) is 8.78 Å². The van der Waals surface area contributed by atoms with E-state index in [1.165, 1.54) is 6.07 Å². The molecule has 1 aromatic carbocycles. The Hall–Kier alpha value is -0.710. The van der Waals surface area contributed by atoms with E-state index in [4.69, 9.17) is 16.3 Å². The molecule has 0 spiro atoms. The molecule has 118 valence electrons. The van der Waals surface area contributed by atoms with Crippen LogP contribution in [-0.2, 0) is 4.74 Å². The first-order chi connectivity index (χ1) is 10.1. The van der Waals surface area contributed by atoms with Gasteiger partial charge in [-0.15, -0.1) is 0 Å². The van der Waals surface area contributed by atoms with Gasteiger partial charge >= 0.3 is 0 Å². The van der Waals surface area contributed by atoms with Crippen molar-refractivity contribution < 1.29 is 13.5 Å². The predicted molar refractivity (Wildman–Crippen MR) is 80.6 cm³/mol. The van der Waals surface area contributed by atoms with Gasteiger partial charge < -0.3 is 10.1 Å². The highest BCUT2D eigenvalue weighted by Crippen LogP contribution is 2.28. The minimum Gasteiger partial charge on any atom is -0.378 e. The Morgan fingerprint density at radius 3 is 2.86 bits per heavy atom. The third-order valence-corrected chi connectivity index (χ3v) is 4.15. The van der Waals surface area contributed by atoms with Crippen LogP contribution in [-0.4, -0.2) is 19.3 Å². The average molecular weight is 318 g/mol. The summed E-state index contributed by atoms with van der Waals surface area (Å²) in [5, 5.41) is 3.12. The van der Waals surface area contributed by atoms with Gasteiger partial charge in [-0.1, -0.05) is 18.5 Å². The highest BCUT2D eigenvalue weighted by molar-refractivity contribution is 6.30. The summed E-state index contributed by atoms with van der Waals surface area (Å²) in [4.78, 5) is 0. The van der Waals surface area contributed by atoms with Gasteiger partial charge in [0, 0.05) is 18.2 Å². The molecule has 0 aromatic heterocycles. The maximum atomic E-state index is 14.1. The van der Waals surface area contributed by atoms with Crippen LogP contribution in [0.1, 0.15) is 50.6 Å². The van der Waals surface area contributed by atoms with Crippen LogP contribution in [0.15, 0.2) is 12.1 Å². The van der Waals surface area contributed by atoms with Gasteiger partial charge in [0.15, 0.2) is 0 Å². The van der Waals surface area contributed by atoms with Gasteiger partial charge in [0.25, 0.3) is 0 Å². The Balaban J connectivity index is 2.08. The smallest absolute Gasteiger partial charge is 0.142 e. The highest BCUT2D eigenvalue weighted by Gasteiger charge is 2.21. The molecule has 1 N–H and O–H groups in total. The number of benzene rings is 1. The van der Waals surface area contributed by atoms with Crippen LogP contribution in [0.25, 0.3) is 0 Å². The van der Waals surface area contributed by atoms with Crippen LogP contribution in [0.3, 0.4) is 0 Å². The lowest BCUT2D eigenvalue weighted by atomic mass is 9.98. The molecule has 1 aromatic rings. The minimum atomic E-state index is -0.575. The molecule has 2 rings (SSSR count). The van der Waals surface area contributed by atoms with Gasteiger partial charge in [-0.05, 0) is 50.8 Å². The van der Waals surface area contributed by atoms with Gasteiger partial charge in [0.1, 0.15) is 11.6 Å². The van der Waals surface area contributed by atoms with Crippen LogP contribution in [0.5, 0.6) is 0 Å². The van der Waals surface area contributed by atoms with Crippen molar-refractivity contribution in [1.29, 1.82) is 0 Å². The Bertz CT molecular complexity index is 464. The first kappa shape index (κ1) is 16.7. The standard InChI is InChI=1S/C16H22ClF2NO/c1-2-7-20-16(6-5-11-4-3-8-21-11)12-9-15(19)13(17)10-14(12)18/h9-11,16,20H,2-8H2,1H3. The lowest BCUT2D eigenvalue weighted by Crippen LogP contribution is -2.24. The van der Waals surface area contributed by atoms with Crippen molar-refractivity contribution in [3.05, 3.63) is 34.4 Å². The molecule has 0 saturated carbocycles. The fourth-order valence-electron chi connectivity index (χ4n) is 2.72. The first-order valence-corrected chi connectivity index (χ1v) is 7.99. The molecule has 2 atom stereocenters. The van der Waals surface area contributed by atoms with Crippen LogP contribution in [0, 0.1) is 11.6 Å². The molecule has 1 fully saturated rings.